The molecule has 0 spiro atoms. The van der Waals surface area contributed by atoms with Crippen molar-refractivity contribution in [2.24, 2.45) is 4.99 Å². The number of nitrogens with zero attached hydrogens (tertiary/aromatic N) is 3. The molecule has 0 radical (unpaired) electrons. The summed E-state index contributed by atoms with van der Waals surface area (Å²) in [5.74, 6) is 1.06. The number of aryl methyl sites for hydroxylation is 4. The fourth-order valence-electron chi connectivity index (χ4n) is 3.54. The van der Waals surface area contributed by atoms with Crippen molar-refractivity contribution in [3.05, 3.63) is 111 Å². The second kappa shape index (κ2) is 19.9. The van der Waals surface area contributed by atoms with Gasteiger partial charge in [-0.05, 0) is 86.3 Å². The molecular formula is C32H32Cl4N4O9. The Morgan fingerprint density at radius 2 is 1.04 bits per heavy atom. The molecule has 0 unspecified atom stereocenters. The maximum absolute atomic E-state index is 10.5. The predicted molar refractivity (Wildman–Crippen MR) is 192 cm³/mol. The van der Waals surface area contributed by atoms with E-state index in [0.29, 0.717) is 43.5 Å². The Bertz CT molecular complexity index is 1810. The molecule has 0 atom stereocenters. The number of carbonyl (C=O) groups excluding carboxylic acids is 1. The molecule has 0 aliphatic carbocycles. The molecule has 0 bridgehead atoms. The molecule has 0 fully saturated rings. The molecule has 0 heterocycles. The van der Waals surface area contributed by atoms with Gasteiger partial charge in [0.15, 0.2) is 11.5 Å². The summed E-state index contributed by atoms with van der Waals surface area (Å²) in [6, 6.07) is 12.0. The molecule has 0 saturated carbocycles. The lowest BCUT2D eigenvalue weighted by molar-refractivity contribution is -0.386. The number of nitrogens with two attached hydrogens (primary N) is 1. The number of nitro benzene ring substituents is 2. The van der Waals surface area contributed by atoms with Crippen LogP contribution >= 0.6 is 46.4 Å². The van der Waals surface area contributed by atoms with Gasteiger partial charge in [0, 0.05) is 22.2 Å². The van der Waals surface area contributed by atoms with Gasteiger partial charge in [-0.15, -0.1) is 0 Å². The van der Waals surface area contributed by atoms with E-state index < -0.39 is 9.85 Å². The maximum atomic E-state index is 10.5. The topological polar surface area (TPSA) is 190 Å². The van der Waals surface area contributed by atoms with Crippen molar-refractivity contribution >= 4 is 75.2 Å². The van der Waals surface area contributed by atoms with Gasteiger partial charge in [0.2, 0.25) is 6.08 Å². The number of methoxy groups -OCH3 is 3. The summed E-state index contributed by atoms with van der Waals surface area (Å²) in [7, 11) is 4.47. The lowest BCUT2D eigenvalue weighted by Gasteiger charge is -2.05. The second-order valence-electron chi connectivity index (χ2n) is 9.70. The van der Waals surface area contributed by atoms with Gasteiger partial charge < -0.3 is 25.1 Å². The molecule has 49 heavy (non-hydrogen) atoms. The molecule has 0 saturated heterocycles. The fourth-order valence-corrected chi connectivity index (χ4v) is 4.19. The highest BCUT2D eigenvalue weighted by Gasteiger charge is 2.16. The van der Waals surface area contributed by atoms with Crippen molar-refractivity contribution in [3.8, 4) is 23.0 Å². The quantitative estimate of drug-likeness (QED) is 0.0629. The van der Waals surface area contributed by atoms with E-state index in [2.05, 4.69) is 4.99 Å². The van der Waals surface area contributed by atoms with Gasteiger partial charge in [0.05, 0.1) is 46.9 Å². The average molecular weight is 758 g/mol. The van der Waals surface area contributed by atoms with E-state index in [1.165, 1.54) is 32.4 Å². The molecule has 4 rings (SSSR count). The van der Waals surface area contributed by atoms with Crippen molar-refractivity contribution in [1.82, 2.24) is 0 Å². The first kappa shape index (κ1) is 42.2. The van der Waals surface area contributed by atoms with Gasteiger partial charge in [0.25, 0.3) is 0 Å². The van der Waals surface area contributed by atoms with E-state index in [9.17, 15) is 25.0 Å². The number of phenols is 1. The highest BCUT2D eigenvalue weighted by Crippen LogP contribution is 2.34. The number of ether oxygens (including phenoxy) is 3. The normalized spacial score (nSPS) is 9.61. The van der Waals surface area contributed by atoms with Crippen molar-refractivity contribution < 1.29 is 34.0 Å². The van der Waals surface area contributed by atoms with E-state index in [1.807, 2.05) is 19.9 Å². The Morgan fingerprint density at radius 1 is 0.653 bits per heavy atom. The molecule has 0 amide bonds. The molecule has 13 nitrogen and oxygen atoms in total. The summed E-state index contributed by atoms with van der Waals surface area (Å²) in [5.41, 5.74) is 9.29. The second-order valence-corrected chi connectivity index (χ2v) is 11.3. The van der Waals surface area contributed by atoms with Crippen molar-refractivity contribution in [3.63, 3.8) is 0 Å². The third kappa shape index (κ3) is 12.6. The van der Waals surface area contributed by atoms with Crippen LogP contribution in [0.1, 0.15) is 22.3 Å². The minimum Gasteiger partial charge on any atom is -0.502 e. The van der Waals surface area contributed by atoms with Gasteiger partial charge in [-0.2, -0.15) is 4.99 Å². The lowest BCUT2D eigenvalue weighted by Crippen LogP contribution is -1.94. The standard InChI is InChI=1S/C9H8ClNO2.C8H8ClNO3.C8H10ClNO.C7H6ClNO3/c1-6-3-9(13-2)8(11-5-12)4-7(6)10;1-5-3-8(13-2)7(10(11)12)4-6(5)9;1-5-3-8(11-2)7(10)4-6(5)9;1-4-2-7(10)6(9(11)12)3-5(4)8/h2*3-4H,1-2H3;3-4H,10H2,1-2H3;2-3,10H,1H3. The van der Waals surface area contributed by atoms with Gasteiger partial charge in [0.1, 0.15) is 17.2 Å². The number of hydrogen-bond donors (Lipinski definition) is 2. The van der Waals surface area contributed by atoms with Crippen molar-refractivity contribution in [2.75, 3.05) is 27.1 Å². The Kier molecular flexibility index (Phi) is 17.2. The molecule has 0 aliphatic heterocycles. The smallest absolute Gasteiger partial charge is 0.312 e. The summed E-state index contributed by atoms with van der Waals surface area (Å²) >= 11 is 23.0. The van der Waals surface area contributed by atoms with E-state index in [4.69, 9.17) is 71.5 Å². The van der Waals surface area contributed by atoms with Crippen LogP contribution in [0.4, 0.5) is 22.7 Å². The number of isocyanates is 1. The highest BCUT2D eigenvalue weighted by molar-refractivity contribution is 6.32. The summed E-state index contributed by atoms with van der Waals surface area (Å²) in [4.78, 5) is 33.1. The van der Waals surface area contributed by atoms with Crippen LogP contribution in [0.25, 0.3) is 0 Å². The van der Waals surface area contributed by atoms with Gasteiger partial charge in [-0.1, -0.05) is 46.4 Å². The Morgan fingerprint density at radius 3 is 1.49 bits per heavy atom. The van der Waals surface area contributed by atoms with Crippen LogP contribution in [0.5, 0.6) is 23.0 Å². The van der Waals surface area contributed by atoms with Crippen LogP contribution in [0.15, 0.2) is 53.5 Å². The summed E-state index contributed by atoms with van der Waals surface area (Å²) in [6.45, 7) is 7.17. The number of anilines is 1. The minimum atomic E-state index is -0.680. The van der Waals surface area contributed by atoms with Crippen LogP contribution in [0, 0.1) is 47.9 Å². The SMILES string of the molecule is COc1cc(C)c(Cl)cc1N.COc1cc(C)c(Cl)cc1N=C=O.COc1cc(C)c(Cl)cc1[N+](=O)[O-].Cc1cc(O)c([N+](=O)[O-])cc1Cl. The largest absolute Gasteiger partial charge is 0.502 e. The molecule has 3 N–H and O–H groups in total. The van der Waals surface area contributed by atoms with Gasteiger partial charge in [-0.25, -0.2) is 4.79 Å². The number of nitrogen functional groups attached to an aromatic ring is 1. The first-order chi connectivity index (χ1) is 22.9. The maximum Gasteiger partial charge on any atom is 0.312 e. The van der Waals surface area contributed by atoms with Crippen LogP contribution in [0.3, 0.4) is 0 Å². The number of aromatic hydroxyl groups is 1. The zero-order valence-corrected chi connectivity index (χ0v) is 30.3. The van der Waals surface area contributed by atoms with Crippen LogP contribution < -0.4 is 19.9 Å². The number of benzene rings is 4. The number of halogens is 4. The van der Waals surface area contributed by atoms with Crippen molar-refractivity contribution in [2.45, 2.75) is 27.7 Å². The number of aliphatic imine (C=N–C) groups is 1. The highest BCUT2D eigenvalue weighted by atomic mass is 35.5. The molecule has 262 valence electrons. The van der Waals surface area contributed by atoms with Gasteiger partial charge in [-0.3, -0.25) is 20.2 Å². The van der Waals surface area contributed by atoms with Crippen molar-refractivity contribution in [1.29, 1.82) is 0 Å². The summed E-state index contributed by atoms with van der Waals surface area (Å²) in [5, 5.41) is 31.7. The van der Waals surface area contributed by atoms with E-state index in [-0.39, 0.29) is 27.9 Å². The third-order valence-corrected chi connectivity index (χ3v) is 7.88. The number of hydrogen-bond acceptors (Lipinski definition) is 11. The fraction of sp³-hybridized carbons (Fsp3) is 0.219. The Hall–Kier alpha value is -4.78. The summed E-state index contributed by atoms with van der Waals surface area (Å²) < 4.78 is 14.8. The zero-order valence-electron chi connectivity index (χ0n) is 27.3. The Labute approximate surface area is 302 Å². The molecule has 4 aromatic rings. The van der Waals surface area contributed by atoms with E-state index in [1.54, 1.807) is 45.2 Å². The molecule has 4 aromatic carbocycles. The average Bonchev–Trinajstić information content (AvgIpc) is 3.04. The first-order valence-corrected chi connectivity index (χ1v) is 15.1. The monoisotopic (exact) mass is 756 g/mol. The predicted octanol–water partition coefficient (Wildman–Crippen LogP) is 9.69. The van der Waals surface area contributed by atoms with E-state index >= 15 is 0 Å². The van der Waals surface area contributed by atoms with Crippen LogP contribution in [0.2, 0.25) is 20.1 Å². The van der Waals surface area contributed by atoms with E-state index in [0.717, 1.165) is 22.8 Å². The lowest BCUT2D eigenvalue weighted by atomic mass is 10.2. The zero-order chi connectivity index (χ0) is 37.6. The molecular weight excluding hydrogens is 726 g/mol. The Balaban J connectivity index is 0.000000327. The summed E-state index contributed by atoms with van der Waals surface area (Å²) in [6.07, 6.45) is 1.44. The van der Waals surface area contributed by atoms with Crippen LogP contribution in [-0.2, 0) is 4.79 Å². The van der Waals surface area contributed by atoms with Crippen LogP contribution in [-0.4, -0.2) is 42.4 Å². The third-order valence-electron chi connectivity index (χ3n) is 6.25. The number of nitro groups is 2. The molecule has 0 aromatic heterocycles. The minimum absolute atomic E-state index is 0.113. The molecule has 0 aliphatic rings. The first-order valence-electron chi connectivity index (χ1n) is 13.6. The van der Waals surface area contributed by atoms with Gasteiger partial charge >= 0.3 is 11.4 Å². The number of phenolic OH excluding ortho intramolecular Hbond substituents is 1. The molecule has 17 heteroatoms. The number of rotatable bonds is 6.